The van der Waals surface area contributed by atoms with Gasteiger partial charge in [0.25, 0.3) is 0 Å². The van der Waals surface area contributed by atoms with Gasteiger partial charge in [0, 0.05) is 35.3 Å². The minimum atomic E-state index is -0.484. The van der Waals surface area contributed by atoms with Gasteiger partial charge in [0.05, 0.1) is 29.4 Å². The molecule has 1 aliphatic rings. The maximum absolute atomic E-state index is 12.9. The predicted molar refractivity (Wildman–Crippen MR) is 113 cm³/mol. The fourth-order valence-corrected chi connectivity index (χ4v) is 3.46. The smallest absolute Gasteiger partial charge is 0.170 e. The molecule has 0 saturated carbocycles. The van der Waals surface area contributed by atoms with Crippen LogP contribution in [0.4, 0.5) is 5.69 Å². The topological polar surface area (TPSA) is 66.3 Å². The number of carbonyl (C=O) groups excluding carboxylic acids is 1. The number of hydrogen-bond donors (Lipinski definition) is 1. The van der Waals surface area contributed by atoms with Gasteiger partial charge in [0.1, 0.15) is 0 Å². The van der Waals surface area contributed by atoms with Crippen LogP contribution < -0.4 is 4.90 Å². The number of aliphatic hydroxyl groups is 1. The van der Waals surface area contributed by atoms with Gasteiger partial charge in [-0.2, -0.15) is 0 Å². The Bertz CT molecular complexity index is 912. The molecule has 0 amide bonds. The summed E-state index contributed by atoms with van der Waals surface area (Å²) >= 11 is 0. The molecule has 1 N–H and O–H groups in total. The molecule has 0 radical (unpaired) electrons. The molecule has 148 valence electrons. The van der Waals surface area contributed by atoms with E-state index in [1.807, 2.05) is 58.9 Å². The zero-order chi connectivity index (χ0) is 20.5. The van der Waals surface area contributed by atoms with Crippen LogP contribution in [0.2, 0.25) is 0 Å². The Hall–Kier alpha value is -2.53. The summed E-state index contributed by atoms with van der Waals surface area (Å²) in [6, 6.07) is 8.11. The lowest BCUT2D eigenvalue weighted by Gasteiger charge is -2.20. The highest BCUT2D eigenvalue weighted by atomic mass is 16.3. The number of rotatable bonds is 4. The van der Waals surface area contributed by atoms with Crippen molar-refractivity contribution < 1.29 is 9.90 Å². The van der Waals surface area contributed by atoms with Crippen LogP contribution >= 0.6 is 0 Å². The summed E-state index contributed by atoms with van der Waals surface area (Å²) < 4.78 is 0. The number of benzene rings is 1. The Labute approximate surface area is 167 Å². The van der Waals surface area contributed by atoms with Crippen molar-refractivity contribution in [2.45, 2.75) is 47.1 Å². The molecule has 0 spiro atoms. The molecule has 2 aromatic rings. The van der Waals surface area contributed by atoms with E-state index in [-0.39, 0.29) is 11.9 Å². The van der Waals surface area contributed by atoms with Crippen molar-refractivity contribution in [1.82, 2.24) is 9.97 Å². The van der Waals surface area contributed by atoms with E-state index in [9.17, 15) is 9.90 Å². The van der Waals surface area contributed by atoms with Crippen LogP contribution in [-0.4, -0.2) is 40.1 Å². The number of anilines is 1. The zero-order valence-electron chi connectivity index (χ0n) is 17.4. The van der Waals surface area contributed by atoms with E-state index >= 15 is 0 Å². The van der Waals surface area contributed by atoms with Crippen LogP contribution in [-0.2, 0) is 4.79 Å². The van der Waals surface area contributed by atoms with Crippen molar-refractivity contribution in [3.63, 3.8) is 0 Å². The lowest BCUT2D eigenvalue weighted by atomic mass is 9.84. The number of aliphatic hydroxyl groups excluding tert-OH is 1. The minimum Gasteiger partial charge on any atom is -0.391 e. The van der Waals surface area contributed by atoms with Gasteiger partial charge in [-0.05, 0) is 32.4 Å². The van der Waals surface area contributed by atoms with Gasteiger partial charge in [-0.25, -0.2) is 4.98 Å². The number of ketones is 1. The van der Waals surface area contributed by atoms with Crippen molar-refractivity contribution in [2.75, 3.05) is 18.0 Å². The van der Waals surface area contributed by atoms with Gasteiger partial charge in [0.15, 0.2) is 5.78 Å². The number of hydrogen-bond acceptors (Lipinski definition) is 5. The molecule has 1 saturated heterocycles. The highest BCUT2D eigenvalue weighted by Crippen LogP contribution is 2.30. The van der Waals surface area contributed by atoms with E-state index in [1.165, 1.54) is 0 Å². The quantitative estimate of drug-likeness (QED) is 0.812. The summed E-state index contributed by atoms with van der Waals surface area (Å²) in [4.78, 5) is 24.4. The monoisotopic (exact) mass is 379 g/mol. The van der Waals surface area contributed by atoms with Crippen LogP contribution in [0, 0.1) is 12.3 Å². The second kappa shape index (κ2) is 7.84. The highest BCUT2D eigenvalue weighted by molar-refractivity contribution is 6.22. The molecule has 1 unspecified atom stereocenters. The second-order valence-electron chi connectivity index (χ2n) is 8.41. The molecular formula is C23H29N3O2. The molecule has 0 aliphatic carbocycles. The maximum atomic E-state index is 12.9. The average molecular weight is 380 g/mol. The van der Waals surface area contributed by atoms with Gasteiger partial charge in [0.2, 0.25) is 0 Å². The Kier molecular flexibility index (Phi) is 5.66. The van der Waals surface area contributed by atoms with Crippen LogP contribution in [0.5, 0.6) is 0 Å². The summed E-state index contributed by atoms with van der Waals surface area (Å²) in [7, 11) is 0. The zero-order valence-corrected chi connectivity index (χ0v) is 17.4. The molecule has 1 atom stereocenters. The molecule has 1 aromatic heterocycles. The maximum Gasteiger partial charge on any atom is 0.170 e. The first kappa shape index (κ1) is 20.2. The largest absolute Gasteiger partial charge is 0.391 e. The number of carbonyl (C=O) groups is 1. The second-order valence-corrected chi connectivity index (χ2v) is 8.41. The van der Waals surface area contributed by atoms with Crippen molar-refractivity contribution in [1.29, 1.82) is 0 Å². The predicted octanol–water partition coefficient (Wildman–Crippen LogP) is 4.04. The number of aryl methyl sites for hydroxylation is 1. The first-order valence-electron chi connectivity index (χ1n) is 9.79. The molecule has 5 heteroatoms. The minimum absolute atomic E-state index is 0.0596. The normalized spacial score (nSPS) is 17.9. The van der Waals surface area contributed by atoms with Crippen molar-refractivity contribution in [2.24, 2.45) is 5.41 Å². The molecule has 0 bridgehead atoms. The summed E-state index contributed by atoms with van der Waals surface area (Å²) in [5.74, 6) is 0.0596. The molecule has 1 aromatic carbocycles. The van der Waals surface area contributed by atoms with Crippen LogP contribution in [0.25, 0.3) is 16.8 Å². The van der Waals surface area contributed by atoms with Crippen molar-refractivity contribution in [3.8, 4) is 11.3 Å². The number of β-amino-alcohol motifs (C(OH)–C–C–N with tert-alkyl or cyclic N) is 1. The summed E-state index contributed by atoms with van der Waals surface area (Å²) in [6.07, 6.45) is 4.11. The first-order valence-corrected chi connectivity index (χ1v) is 9.79. The number of Topliss-reactive ketones (excluding diaryl/α,β-unsaturated/α-hetero) is 1. The van der Waals surface area contributed by atoms with E-state index in [4.69, 9.17) is 4.98 Å². The first-order chi connectivity index (χ1) is 13.2. The van der Waals surface area contributed by atoms with Crippen LogP contribution in [0.3, 0.4) is 0 Å². The summed E-state index contributed by atoms with van der Waals surface area (Å²) in [5.41, 5.74) is 4.26. The lowest BCUT2D eigenvalue weighted by molar-refractivity contribution is -0.120. The van der Waals surface area contributed by atoms with E-state index in [0.29, 0.717) is 17.8 Å². The van der Waals surface area contributed by atoms with Gasteiger partial charge >= 0.3 is 0 Å². The van der Waals surface area contributed by atoms with E-state index in [0.717, 1.165) is 35.6 Å². The SMILES string of the molecule is C/C=C(/C(=O)C(C)(C)C)c1nc(-c2cccc(N3CCC(O)C3)c2)cnc1C. The Balaban J connectivity index is 1.99. The Morgan fingerprint density at radius 2 is 2.07 bits per heavy atom. The molecule has 28 heavy (non-hydrogen) atoms. The Morgan fingerprint density at radius 3 is 2.68 bits per heavy atom. The lowest BCUT2D eigenvalue weighted by Crippen LogP contribution is -2.22. The number of aromatic nitrogens is 2. The van der Waals surface area contributed by atoms with Gasteiger partial charge < -0.3 is 10.0 Å². The summed E-state index contributed by atoms with van der Waals surface area (Å²) in [5, 5.41) is 9.82. The third-order valence-corrected chi connectivity index (χ3v) is 5.10. The average Bonchev–Trinajstić information content (AvgIpc) is 3.09. The van der Waals surface area contributed by atoms with E-state index in [2.05, 4.69) is 16.0 Å². The highest BCUT2D eigenvalue weighted by Gasteiger charge is 2.27. The van der Waals surface area contributed by atoms with Gasteiger partial charge in [-0.3, -0.25) is 9.78 Å². The number of allylic oxidation sites excluding steroid dienone is 2. The van der Waals surface area contributed by atoms with Gasteiger partial charge in [-0.1, -0.05) is 39.0 Å². The molecular weight excluding hydrogens is 350 g/mol. The summed E-state index contributed by atoms with van der Waals surface area (Å²) in [6.45, 7) is 11.0. The van der Waals surface area contributed by atoms with Crippen molar-refractivity contribution in [3.05, 3.63) is 47.9 Å². The van der Waals surface area contributed by atoms with E-state index in [1.54, 1.807) is 6.20 Å². The molecule has 5 nitrogen and oxygen atoms in total. The molecule has 2 heterocycles. The van der Waals surface area contributed by atoms with Gasteiger partial charge in [-0.15, -0.1) is 0 Å². The fourth-order valence-electron chi connectivity index (χ4n) is 3.46. The molecule has 1 aliphatic heterocycles. The molecule has 3 rings (SSSR count). The van der Waals surface area contributed by atoms with Crippen LogP contribution in [0.1, 0.15) is 45.5 Å². The van der Waals surface area contributed by atoms with Crippen molar-refractivity contribution >= 4 is 17.0 Å². The third-order valence-electron chi connectivity index (χ3n) is 5.10. The van der Waals surface area contributed by atoms with Crippen LogP contribution in [0.15, 0.2) is 36.5 Å². The van der Waals surface area contributed by atoms with E-state index < -0.39 is 5.41 Å². The third kappa shape index (κ3) is 4.14. The molecule has 1 fully saturated rings. The Morgan fingerprint density at radius 1 is 1.32 bits per heavy atom. The fraction of sp³-hybridized carbons (Fsp3) is 0.435. The standard InChI is InChI=1S/C23H29N3O2/c1-6-19(22(28)23(3,4)5)21-15(2)24-13-20(25-21)16-8-7-9-17(12-16)26-11-10-18(27)14-26/h6-9,12-13,18,27H,10-11,14H2,1-5H3/b19-6+. The number of nitrogens with zero attached hydrogens (tertiary/aromatic N) is 3.